The fourth-order valence-electron chi connectivity index (χ4n) is 2.03. The van der Waals surface area contributed by atoms with Crippen molar-refractivity contribution in [2.75, 3.05) is 18.4 Å². The number of nitrogens with zero attached hydrogens (tertiary/aromatic N) is 2. The Balaban J connectivity index is 2.05. The Morgan fingerprint density at radius 2 is 2.15 bits per heavy atom. The first-order valence-corrected chi connectivity index (χ1v) is 6.85. The molecule has 20 heavy (non-hydrogen) atoms. The summed E-state index contributed by atoms with van der Waals surface area (Å²) in [5, 5.41) is 3.28. The van der Waals surface area contributed by atoms with E-state index in [2.05, 4.69) is 15.3 Å². The molecule has 2 rings (SSSR count). The number of hydrogen-bond donors (Lipinski definition) is 2. The number of amides is 1. The Morgan fingerprint density at radius 1 is 1.35 bits per heavy atom. The summed E-state index contributed by atoms with van der Waals surface area (Å²) in [4.78, 5) is 21.1. The van der Waals surface area contributed by atoms with Crippen molar-refractivity contribution in [2.24, 2.45) is 0 Å². The molecule has 106 valence electrons. The van der Waals surface area contributed by atoms with E-state index in [-0.39, 0.29) is 5.91 Å². The van der Waals surface area contributed by atoms with Crippen LogP contribution in [0.3, 0.4) is 0 Å². The molecule has 1 aromatic heterocycles. The summed E-state index contributed by atoms with van der Waals surface area (Å²) in [6, 6.07) is 7.58. The first kappa shape index (κ1) is 14.1. The summed E-state index contributed by atoms with van der Waals surface area (Å²) < 4.78 is 0. The number of benzene rings is 1. The maximum atomic E-state index is 12.3. The highest BCUT2D eigenvalue weighted by atomic mass is 16.2. The van der Waals surface area contributed by atoms with Gasteiger partial charge in [-0.25, -0.2) is 4.98 Å². The zero-order valence-corrected chi connectivity index (χ0v) is 11.9. The van der Waals surface area contributed by atoms with Crippen LogP contribution in [0.25, 0.3) is 0 Å². The molecule has 0 spiro atoms. The number of carbonyl (C=O) groups excluding carboxylic acids is 1. The van der Waals surface area contributed by atoms with E-state index in [0.29, 0.717) is 12.1 Å². The third-order valence-corrected chi connectivity index (χ3v) is 3.20. The van der Waals surface area contributed by atoms with Gasteiger partial charge in [0.15, 0.2) is 0 Å². The predicted octanol–water partition coefficient (Wildman–Crippen LogP) is 2.50. The van der Waals surface area contributed by atoms with Gasteiger partial charge in [0.25, 0.3) is 5.91 Å². The summed E-state index contributed by atoms with van der Waals surface area (Å²) >= 11 is 0. The molecule has 1 amide bonds. The summed E-state index contributed by atoms with van der Waals surface area (Å²) in [5.41, 5.74) is 2.64. The molecular formula is C15H20N4O. The lowest BCUT2D eigenvalue weighted by Gasteiger charge is -2.19. The Hall–Kier alpha value is -2.30. The lowest BCUT2D eigenvalue weighted by atomic mass is 10.1. The molecule has 1 heterocycles. The van der Waals surface area contributed by atoms with Gasteiger partial charge < -0.3 is 15.2 Å². The Bertz CT molecular complexity index is 547. The highest BCUT2D eigenvalue weighted by molar-refractivity contribution is 5.95. The third-order valence-electron chi connectivity index (χ3n) is 3.20. The number of hydrogen-bond acceptors (Lipinski definition) is 3. The number of imidazole rings is 1. The molecule has 0 saturated heterocycles. The zero-order chi connectivity index (χ0) is 14.4. The van der Waals surface area contributed by atoms with Gasteiger partial charge in [0, 0.05) is 30.5 Å². The number of anilines is 1. The Labute approximate surface area is 119 Å². The van der Waals surface area contributed by atoms with Crippen molar-refractivity contribution >= 4 is 11.6 Å². The fraction of sp³-hybridized carbons (Fsp3) is 0.333. The number of aromatic amines is 1. The van der Waals surface area contributed by atoms with Crippen LogP contribution in [0.5, 0.6) is 0 Å². The molecule has 2 N–H and O–H groups in total. The van der Waals surface area contributed by atoms with Crippen LogP contribution in [0.4, 0.5) is 5.69 Å². The molecular weight excluding hydrogens is 252 g/mol. The maximum absolute atomic E-state index is 12.3. The molecule has 0 aliphatic rings. The van der Waals surface area contributed by atoms with Crippen molar-refractivity contribution in [3.05, 3.63) is 48.0 Å². The molecule has 1 aromatic carbocycles. The second-order valence-corrected chi connectivity index (χ2v) is 4.49. The van der Waals surface area contributed by atoms with Gasteiger partial charge in [-0.1, -0.05) is 6.07 Å². The molecule has 0 bridgehead atoms. The molecule has 5 nitrogen and oxygen atoms in total. The monoisotopic (exact) mass is 272 g/mol. The normalized spacial score (nSPS) is 10.3. The van der Waals surface area contributed by atoms with E-state index in [9.17, 15) is 4.79 Å². The molecule has 0 saturated carbocycles. The van der Waals surface area contributed by atoms with Crippen LogP contribution in [-0.2, 0) is 6.54 Å². The highest BCUT2D eigenvalue weighted by Gasteiger charge is 2.12. The second kappa shape index (κ2) is 6.75. The van der Waals surface area contributed by atoms with Gasteiger partial charge in [-0.15, -0.1) is 0 Å². The minimum absolute atomic E-state index is 0.0696. The van der Waals surface area contributed by atoms with E-state index in [1.807, 2.05) is 43.0 Å². The quantitative estimate of drug-likeness (QED) is 0.849. The molecule has 5 heteroatoms. The second-order valence-electron chi connectivity index (χ2n) is 4.49. The van der Waals surface area contributed by atoms with Crippen LogP contribution in [0.2, 0.25) is 0 Å². The number of carbonyl (C=O) groups is 1. The third kappa shape index (κ3) is 3.38. The molecule has 0 radical (unpaired) electrons. The van der Waals surface area contributed by atoms with E-state index in [4.69, 9.17) is 0 Å². The van der Waals surface area contributed by atoms with Crippen LogP contribution in [0, 0.1) is 0 Å². The van der Waals surface area contributed by atoms with Gasteiger partial charge in [-0.05, 0) is 32.0 Å². The largest absolute Gasteiger partial charge is 0.379 e. The van der Waals surface area contributed by atoms with Gasteiger partial charge >= 0.3 is 0 Å². The number of H-pyrrole nitrogens is 1. The van der Waals surface area contributed by atoms with E-state index in [0.717, 1.165) is 24.5 Å². The first-order valence-electron chi connectivity index (χ1n) is 6.85. The zero-order valence-electron chi connectivity index (χ0n) is 11.9. The molecule has 0 fully saturated rings. The summed E-state index contributed by atoms with van der Waals surface area (Å²) in [6.45, 7) is 6.08. The fourth-order valence-corrected chi connectivity index (χ4v) is 2.03. The molecule has 2 aromatic rings. The van der Waals surface area contributed by atoms with Crippen molar-refractivity contribution in [3.63, 3.8) is 0 Å². The van der Waals surface area contributed by atoms with Gasteiger partial charge in [0.1, 0.15) is 0 Å². The van der Waals surface area contributed by atoms with Crippen molar-refractivity contribution in [1.29, 1.82) is 0 Å². The van der Waals surface area contributed by atoms with Crippen molar-refractivity contribution < 1.29 is 4.79 Å². The van der Waals surface area contributed by atoms with Crippen molar-refractivity contribution in [3.8, 4) is 0 Å². The summed E-state index contributed by atoms with van der Waals surface area (Å²) in [6.07, 6.45) is 3.43. The SMILES string of the molecule is CCN(CC)C(=O)c1cccc(NCc2cnc[nH]2)c1. The molecule has 0 aliphatic heterocycles. The highest BCUT2D eigenvalue weighted by Crippen LogP contribution is 2.13. The Kier molecular flexibility index (Phi) is 4.76. The van der Waals surface area contributed by atoms with Crippen molar-refractivity contribution in [2.45, 2.75) is 20.4 Å². The number of rotatable bonds is 6. The molecule has 0 atom stereocenters. The first-order chi connectivity index (χ1) is 9.74. The summed E-state index contributed by atoms with van der Waals surface area (Å²) in [7, 11) is 0. The van der Waals surface area contributed by atoms with Crippen LogP contribution in [0.15, 0.2) is 36.8 Å². The van der Waals surface area contributed by atoms with Gasteiger partial charge in [-0.2, -0.15) is 0 Å². The van der Waals surface area contributed by atoms with E-state index in [1.54, 1.807) is 12.5 Å². The average molecular weight is 272 g/mol. The van der Waals surface area contributed by atoms with Crippen LogP contribution in [0.1, 0.15) is 29.9 Å². The van der Waals surface area contributed by atoms with Crippen LogP contribution >= 0.6 is 0 Å². The number of aromatic nitrogens is 2. The van der Waals surface area contributed by atoms with E-state index >= 15 is 0 Å². The smallest absolute Gasteiger partial charge is 0.253 e. The minimum Gasteiger partial charge on any atom is -0.379 e. The van der Waals surface area contributed by atoms with E-state index in [1.165, 1.54) is 0 Å². The van der Waals surface area contributed by atoms with Gasteiger partial charge in [0.05, 0.1) is 18.6 Å². The lowest BCUT2D eigenvalue weighted by molar-refractivity contribution is 0.0773. The number of nitrogens with one attached hydrogen (secondary N) is 2. The average Bonchev–Trinajstić information content (AvgIpc) is 3.00. The molecule has 0 aliphatic carbocycles. The minimum atomic E-state index is 0.0696. The predicted molar refractivity (Wildman–Crippen MR) is 79.6 cm³/mol. The van der Waals surface area contributed by atoms with E-state index < -0.39 is 0 Å². The standard InChI is InChI=1S/C15H20N4O/c1-3-19(4-2)15(20)12-6-5-7-13(8-12)17-10-14-9-16-11-18-14/h5-9,11,17H,3-4,10H2,1-2H3,(H,16,18). The van der Waals surface area contributed by atoms with Crippen LogP contribution < -0.4 is 5.32 Å². The van der Waals surface area contributed by atoms with Gasteiger partial charge in [-0.3, -0.25) is 4.79 Å². The van der Waals surface area contributed by atoms with Gasteiger partial charge in [0.2, 0.25) is 0 Å². The van der Waals surface area contributed by atoms with Crippen LogP contribution in [-0.4, -0.2) is 33.9 Å². The maximum Gasteiger partial charge on any atom is 0.253 e. The lowest BCUT2D eigenvalue weighted by Crippen LogP contribution is -2.30. The van der Waals surface area contributed by atoms with Crippen molar-refractivity contribution in [1.82, 2.24) is 14.9 Å². The topological polar surface area (TPSA) is 61.0 Å². The summed E-state index contributed by atoms with van der Waals surface area (Å²) in [5.74, 6) is 0.0696. The molecule has 0 unspecified atom stereocenters. The Morgan fingerprint density at radius 3 is 2.80 bits per heavy atom.